The predicted molar refractivity (Wildman–Crippen MR) is 57.0 cm³/mol. The van der Waals surface area contributed by atoms with Crippen LogP contribution < -0.4 is 4.74 Å². The van der Waals surface area contributed by atoms with E-state index in [1.807, 2.05) is 0 Å². The van der Waals surface area contributed by atoms with Crippen LogP contribution in [0.5, 0.6) is 5.88 Å². The summed E-state index contributed by atoms with van der Waals surface area (Å²) in [5.74, 6) is -1.52. The lowest BCUT2D eigenvalue weighted by molar-refractivity contribution is -0.138. The summed E-state index contributed by atoms with van der Waals surface area (Å²) in [6, 6.07) is 0. The van der Waals surface area contributed by atoms with E-state index in [0.717, 1.165) is 4.68 Å². The molecule has 0 aliphatic heterocycles. The van der Waals surface area contributed by atoms with Gasteiger partial charge < -0.3 is 14.6 Å². The van der Waals surface area contributed by atoms with Crippen molar-refractivity contribution in [3.63, 3.8) is 0 Å². The molecule has 0 aromatic carbocycles. The van der Waals surface area contributed by atoms with Crippen LogP contribution in [0.1, 0.15) is 24.2 Å². The van der Waals surface area contributed by atoms with Crippen LogP contribution in [-0.2, 0) is 16.1 Å². The lowest BCUT2D eigenvalue weighted by Crippen LogP contribution is -2.14. The first kappa shape index (κ1) is 13.0. The van der Waals surface area contributed by atoms with E-state index in [9.17, 15) is 9.59 Å². The average Bonchev–Trinajstić information content (AvgIpc) is 2.62. The molecule has 0 saturated carbocycles. The van der Waals surface area contributed by atoms with Crippen LogP contribution in [0.4, 0.5) is 0 Å². The summed E-state index contributed by atoms with van der Waals surface area (Å²) in [6.45, 7) is 3.58. The molecule has 1 aromatic heterocycles. The van der Waals surface area contributed by atoms with Gasteiger partial charge in [0.25, 0.3) is 0 Å². The molecule has 1 rings (SSSR count). The van der Waals surface area contributed by atoms with Gasteiger partial charge in [-0.2, -0.15) is 5.10 Å². The molecule has 0 atom stereocenters. The number of carbonyl (C=O) groups excluding carboxylic acids is 1. The molecule has 94 valence electrons. The molecule has 0 fully saturated rings. The van der Waals surface area contributed by atoms with Crippen LogP contribution in [0.3, 0.4) is 0 Å². The number of rotatable bonds is 6. The van der Waals surface area contributed by atoms with E-state index < -0.39 is 11.9 Å². The summed E-state index contributed by atoms with van der Waals surface area (Å²) in [5.41, 5.74) is 0.134. The molecular weight excluding hydrogens is 228 g/mol. The largest absolute Gasteiger partial charge is 0.480 e. The van der Waals surface area contributed by atoms with E-state index in [-0.39, 0.29) is 24.6 Å². The van der Waals surface area contributed by atoms with Crippen molar-refractivity contribution in [2.24, 2.45) is 0 Å². The molecule has 0 radical (unpaired) electrons. The smallest absolute Gasteiger partial charge is 0.345 e. The Balaban J connectivity index is 3.00. The highest BCUT2D eigenvalue weighted by molar-refractivity contribution is 5.91. The molecule has 0 unspecified atom stereocenters. The first-order chi connectivity index (χ1) is 8.10. The molecule has 0 amide bonds. The minimum Gasteiger partial charge on any atom is -0.480 e. The Hall–Kier alpha value is -2.05. The SMILES string of the molecule is CCOC(=O)c1cnn(CC(=O)O)c1OCC. The number of carbonyl (C=O) groups is 2. The monoisotopic (exact) mass is 242 g/mol. The standard InChI is InChI=1S/C10H14N2O5/c1-3-16-9-7(10(15)17-4-2)5-11-12(9)6-8(13)14/h5H,3-4,6H2,1-2H3,(H,13,14). The molecule has 0 spiro atoms. The molecule has 17 heavy (non-hydrogen) atoms. The second-order valence-electron chi connectivity index (χ2n) is 3.07. The van der Waals surface area contributed by atoms with Crippen molar-refractivity contribution in [3.05, 3.63) is 11.8 Å². The fraction of sp³-hybridized carbons (Fsp3) is 0.500. The van der Waals surface area contributed by atoms with Crippen LogP contribution in [0.15, 0.2) is 6.20 Å². The Bertz CT molecular complexity index is 413. The van der Waals surface area contributed by atoms with Crippen molar-refractivity contribution in [1.82, 2.24) is 9.78 Å². The lowest BCUT2D eigenvalue weighted by Gasteiger charge is -2.07. The molecule has 7 nitrogen and oxygen atoms in total. The quantitative estimate of drug-likeness (QED) is 0.732. The maximum Gasteiger partial charge on any atom is 0.345 e. The minimum absolute atomic E-state index is 0.119. The van der Waals surface area contributed by atoms with Gasteiger partial charge >= 0.3 is 11.9 Å². The Morgan fingerprint density at radius 2 is 2.12 bits per heavy atom. The zero-order chi connectivity index (χ0) is 12.8. The van der Waals surface area contributed by atoms with Crippen LogP contribution in [-0.4, -0.2) is 40.0 Å². The first-order valence-corrected chi connectivity index (χ1v) is 5.17. The van der Waals surface area contributed by atoms with Gasteiger partial charge in [-0.15, -0.1) is 0 Å². The topological polar surface area (TPSA) is 90.7 Å². The Morgan fingerprint density at radius 3 is 2.65 bits per heavy atom. The van der Waals surface area contributed by atoms with E-state index >= 15 is 0 Å². The summed E-state index contributed by atoms with van der Waals surface area (Å²) >= 11 is 0. The molecule has 0 bridgehead atoms. The first-order valence-electron chi connectivity index (χ1n) is 5.17. The van der Waals surface area contributed by atoms with E-state index in [2.05, 4.69) is 5.10 Å². The van der Waals surface area contributed by atoms with Crippen LogP contribution in [0.25, 0.3) is 0 Å². The van der Waals surface area contributed by atoms with Crippen molar-refractivity contribution in [2.75, 3.05) is 13.2 Å². The van der Waals surface area contributed by atoms with Gasteiger partial charge in [0.05, 0.1) is 19.4 Å². The van der Waals surface area contributed by atoms with Crippen molar-refractivity contribution in [2.45, 2.75) is 20.4 Å². The van der Waals surface area contributed by atoms with E-state index in [1.54, 1.807) is 13.8 Å². The van der Waals surface area contributed by atoms with Gasteiger partial charge in [0.2, 0.25) is 5.88 Å². The number of ether oxygens (including phenoxy) is 2. The van der Waals surface area contributed by atoms with Gasteiger partial charge in [0.1, 0.15) is 12.1 Å². The number of hydrogen-bond acceptors (Lipinski definition) is 5. The number of aliphatic carboxylic acids is 1. The molecule has 1 aromatic rings. The molecule has 7 heteroatoms. The summed E-state index contributed by atoms with van der Waals surface area (Å²) in [5, 5.41) is 12.5. The normalized spacial score (nSPS) is 10.0. The fourth-order valence-electron chi connectivity index (χ4n) is 1.25. The predicted octanol–water partition coefficient (Wildman–Crippen LogP) is 0.543. The van der Waals surface area contributed by atoms with Crippen molar-refractivity contribution in [1.29, 1.82) is 0 Å². The Labute approximate surface area is 97.9 Å². The number of hydrogen-bond donors (Lipinski definition) is 1. The third-order valence-electron chi connectivity index (χ3n) is 1.85. The Morgan fingerprint density at radius 1 is 1.41 bits per heavy atom. The molecule has 0 aliphatic rings. The van der Waals surface area contributed by atoms with E-state index in [1.165, 1.54) is 6.20 Å². The Kier molecular flexibility index (Phi) is 4.50. The van der Waals surface area contributed by atoms with Gasteiger partial charge in [-0.05, 0) is 13.8 Å². The highest BCUT2D eigenvalue weighted by Gasteiger charge is 2.20. The lowest BCUT2D eigenvalue weighted by atomic mass is 10.3. The van der Waals surface area contributed by atoms with Crippen molar-refractivity contribution < 1.29 is 24.2 Å². The van der Waals surface area contributed by atoms with Gasteiger partial charge in [-0.1, -0.05) is 0 Å². The number of aromatic nitrogens is 2. The number of carboxylic acid groups (broad SMARTS) is 1. The van der Waals surface area contributed by atoms with Gasteiger partial charge in [0.15, 0.2) is 0 Å². The highest BCUT2D eigenvalue weighted by atomic mass is 16.5. The zero-order valence-electron chi connectivity index (χ0n) is 9.67. The number of nitrogens with zero attached hydrogens (tertiary/aromatic N) is 2. The molecule has 1 N–H and O–H groups in total. The maximum atomic E-state index is 11.5. The molecule has 1 heterocycles. The van der Waals surface area contributed by atoms with Gasteiger partial charge in [0, 0.05) is 0 Å². The summed E-state index contributed by atoms with van der Waals surface area (Å²) in [6.07, 6.45) is 1.24. The summed E-state index contributed by atoms with van der Waals surface area (Å²) < 4.78 is 11.1. The minimum atomic E-state index is -1.07. The van der Waals surface area contributed by atoms with Crippen LogP contribution in [0.2, 0.25) is 0 Å². The molecule has 0 saturated heterocycles. The zero-order valence-corrected chi connectivity index (χ0v) is 9.67. The van der Waals surface area contributed by atoms with Crippen LogP contribution >= 0.6 is 0 Å². The van der Waals surface area contributed by atoms with Crippen molar-refractivity contribution >= 4 is 11.9 Å². The highest BCUT2D eigenvalue weighted by Crippen LogP contribution is 2.19. The maximum absolute atomic E-state index is 11.5. The van der Waals surface area contributed by atoms with E-state index in [0.29, 0.717) is 6.61 Å². The second kappa shape index (κ2) is 5.88. The third-order valence-corrected chi connectivity index (χ3v) is 1.85. The van der Waals surface area contributed by atoms with Gasteiger partial charge in [-0.3, -0.25) is 4.79 Å². The number of esters is 1. The number of carboxylic acids is 1. The van der Waals surface area contributed by atoms with Gasteiger partial charge in [-0.25, -0.2) is 9.48 Å². The fourth-order valence-corrected chi connectivity index (χ4v) is 1.25. The van der Waals surface area contributed by atoms with Crippen LogP contribution in [0, 0.1) is 0 Å². The summed E-state index contributed by atoms with van der Waals surface area (Å²) in [7, 11) is 0. The third kappa shape index (κ3) is 3.20. The second-order valence-corrected chi connectivity index (χ2v) is 3.07. The van der Waals surface area contributed by atoms with E-state index in [4.69, 9.17) is 14.6 Å². The molecular formula is C10H14N2O5. The average molecular weight is 242 g/mol. The van der Waals surface area contributed by atoms with Crippen molar-refractivity contribution in [3.8, 4) is 5.88 Å². The summed E-state index contributed by atoms with van der Waals surface area (Å²) in [4.78, 5) is 22.1. The molecule has 0 aliphatic carbocycles.